The Labute approximate surface area is 128 Å². The highest BCUT2D eigenvalue weighted by atomic mass is 79.9. The molecule has 0 bridgehead atoms. The van der Waals surface area contributed by atoms with Crippen molar-refractivity contribution in [1.29, 1.82) is 0 Å². The molecular weight excluding hydrogens is 324 g/mol. The summed E-state index contributed by atoms with van der Waals surface area (Å²) in [5.41, 5.74) is 6.85. The molecule has 19 heavy (non-hydrogen) atoms. The average Bonchev–Trinajstić information content (AvgIpc) is 2.35. The third-order valence-corrected chi connectivity index (χ3v) is 4.79. The van der Waals surface area contributed by atoms with Gasteiger partial charge in [-0.1, -0.05) is 48.1 Å². The highest BCUT2D eigenvalue weighted by molar-refractivity contribution is 9.10. The lowest BCUT2D eigenvalue weighted by Gasteiger charge is -2.29. The van der Waals surface area contributed by atoms with Crippen LogP contribution in [0.25, 0.3) is 0 Å². The molecule has 0 heterocycles. The number of rotatable bonds is 5. The minimum Gasteiger partial charge on any atom is -0.392 e. The van der Waals surface area contributed by atoms with E-state index in [2.05, 4.69) is 21.2 Å². The Kier molecular flexibility index (Phi) is 5.50. The Morgan fingerprint density at radius 2 is 2.00 bits per heavy atom. The van der Waals surface area contributed by atoms with Gasteiger partial charge in [-0.15, -0.1) is 0 Å². The molecule has 0 aliphatic rings. The fourth-order valence-electron chi connectivity index (χ4n) is 1.95. The van der Waals surface area contributed by atoms with E-state index in [1.807, 2.05) is 39.0 Å². The monoisotopic (exact) mass is 342 g/mol. The number of carbonyl (C=O) groups is 1. The lowest BCUT2D eigenvalue weighted by molar-refractivity contribution is -0.122. The second-order valence-corrected chi connectivity index (χ2v) is 5.87. The van der Waals surface area contributed by atoms with Gasteiger partial charge in [-0.2, -0.15) is 0 Å². The Morgan fingerprint density at radius 3 is 2.42 bits per heavy atom. The van der Waals surface area contributed by atoms with E-state index in [9.17, 15) is 4.79 Å². The molecule has 0 radical (unpaired) electrons. The van der Waals surface area contributed by atoms with Crippen LogP contribution in [0.15, 0.2) is 22.7 Å². The van der Waals surface area contributed by atoms with E-state index in [0.717, 1.165) is 15.7 Å². The first-order valence-electron chi connectivity index (χ1n) is 6.25. The quantitative estimate of drug-likeness (QED) is 0.800. The molecule has 0 spiro atoms. The van der Waals surface area contributed by atoms with Gasteiger partial charge in [0.05, 0.1) is 10.4 Å². The second kappa shape index (κ2) is 6.48. The number of amides is 1. The van der Waals surface area contributed by atoms with Crippen molar-refractivity contribution < 1.29 is 4.79 Å². The predicted molar refractivity (Wildman–Crippen MR) is 87.3 cm³/mol. The van der Waals surface area contributed by atoms with Crippen LogP contribution in [-0.2, 0) is 4.79 Å². The van der Waals surface area contributed by atoms with Crippen molar-refractivity contribution in [2.24, 2.45) is 11.1 Å². The standard InChI is InChI=1S/C14H19BrN2OS/c1-4-14(5-2,12(16)19)13(18)17-10-7-6-9(3)11(15)8-10/h6-8H,4-5H2,1-3H3,(H2,16,19)(H,17,18). The van der Waals surface area contributed by atoms with Gasteiger partial charge in [0.25, 0.3) is 0 Å². The normalized spacial score (nSPS) is 11.2. The van der Waals surface area contributed by atoms with Crippen LogP contribution in [0.5, 0.6) is 0 Å². The van der Waals surface area contributed by atoms with E-state index < -0.39 is 5.41 Å². The van der Waals surface area contributed by atoms with E-state index in [-0.39, 0.29) is 10.9 Å². The number of hydrogen-bond acceptors (Lipinski definition) is 2. The molecule has 0 atom stereocenters. The minimum absolute atomic E-state index is 0.138. The van der Waals surface area contributed by atoms with E-state index in [0.29, 0.717) is 12.8 Å². The third kappa shape index (κ3) is 3.34. The first kappa shape index (κ1) is 16.1. The van der Waals surface area contributed by atoms with Crippen LogP contribution in [0, 0.1) is 12.3 Å². The van der Waals surface area contributed by atoms with Crippen LogP contribution in [0.4, 0.5) is 5.69 Å². The zero-order valence-corrected chi connectivity index (χ0v) is 13.8. The smallest absolute Gasteiger partial charge is 0.237 e. The molecular formula is C14H19BrN2OS. The number of halogens is 1. The van der Waals surface area contributed by atoms with Crippen LogP contribution in [0.1, 0.15) is 32.3 Å². The molecule has 0 aliphatic carbocycles. The zero-order chi connectivity index (χ0) is 14.6. The van der Waals surface area contributed by atoms with Crippen LogP contribution >= 0.6 is 28.1 Å². The fourth-order valence-corrected chi connectivity index (χ4v) is 2.71. The first-order valence-corrected chi connectivity index (χ1v) is 7.45. The summed E-state index contributed by atoms with van der Waals surface area (Å²) >= 11 is 8.52. The fraction of sp³-hybridized carbons (Fsp3) is 0.429. The van der Waals surface area contributed by atoms with Gasteiger partial charge < -0.3 is 11.1 Å². The van der Waals surface area contributed by atoms with Crippen molar-refractivity contribution in [2.75, 3.05) is 5.32 Å². The highest BCUT2D eigenvalue weighted by Crippen LogP contribution is 2.29. The molecule has 3 nitrogen and oxygen atoms in total. The Balaban J connectivity index is 3.00. The molecule has 1 aromatic rings. The molecule has 0 fully saturated rings. The van der Waals surface area contributed by atoms with Gasteiger partial charge in [0, 0.05) is 10.2 Å². The third-order valence-electron chi connectivity index (χ3n) is 3.54. The van der Waals surface area contributed by atoms with Gasteiger partial charge in [0.15, 0.2) is 0 Å². The molecule has 1 rings (SSSR count). The summed E-state index contributed by atoms with van der Waals surface area (Å²) in [7, 11) is 0. The molecule has 0 aliphatic heterocycles. The number of nitrogens with one attached hydrogen (secondary N) is 1. The van der Waals surface area contributed by atoms with Crippen molar-refractivity contribution in [3.8, 4) is 0 Å². The van der Waals surface area contributed by atoms with Crippen molar-refractivity contribution in [1.82, 2.24) is 0 Å². The van der Waals surface area contributed by atoms with Crippen LogP contribution in [-0.4, -0.2) is 10.9 Å². The SMILES string of the molecule is CCC(CC)(C(=O)Nc1ccc(C)c(Br)c1)C(N)=S. The maximum atomic E-state index is 12.4. The van der Waals surface area contributed by atoms with Crippen molar-refractivity contribution in [2.45, 2.75) is 33.6 Å². The van der Waals surface area contributed by atoms with Crippen LogP contribution in [0.2, 0.25) is 0 Å². The number of hydrogen-bond donors (Lipinski definition) is 2. The summed E-state index contributed by atoms with van der Waals surface area (Å²) < 4.78 is 0.958. The number of anilines is 1. The van der Waals surface area contributed by atoms with Gasteiger partial charge in [-0.05, 0) is 37.5 Å². The summed E-state index contributed by atoms with van der Waals surface area (Å²) in [5, 5.41) is 2.90. The van der Waals surface area contributed by atoms with Gasteiger partial charge in [0.1, 0.15) is 0 Å². The maximum Gasteiger partial charge on any atom is 0.237 e. The molecule has 3 N–H and O–H groups in total. The molecule has 1 aromatic carbocycles. The second-order valence-electron chi connectivity index (χ2n) is 4.57. The summed E-state index contributed by atoms with van der Waals surface area (Å²) in [5.74, 6) is -0.138. The predicted octanol–water partition coefficient (Wildman–Crippen LogP) is 3.79. The summed E-state index contributed by atoms with van der Waals surface area (Å²) in [6.45, 7) is 5.84. The van der Waals surface area contributed by atoms with Crippen LogP contribution < -0.4 is 11.1 Å². The van der Waals surface area contributed by atoms with E-state index in [1.54, 1.807) is 0 Å². The lowest BCUT2D eigenvalue weighted by Crippen LogP contribution is -2.45. The van der Waals surface area contributed by atoms with Crippen molar-refractivity contribution >= 4 is 44.7 Å². The molecule has 104 valence electrons. The highest BCUT2D eigenvalue weighted by Gasteiger charge is 2.38. The maximum absolute atomic E-state index is 12.4. The van der Waals surface area contributed by atoms with E-state index in [1.165, 1.54) is 0 Å². The summed E-state index contributed by atoms with van der Waals surface area (Å²) in [4.78, 5) is 12.7. The lowest BCUT2D eigenvalue weighted by atomic mass is 9.81. The summed E-state index contributed by atoms with van der Waals surface area (Å²) in [6, 6.07) is 5.69. The molecule has 0 unspecified atom stereocenters. The van der Waals surface area contributed by atoms with E-state index >= 15 is 0 Å². The largest absolute Gasteiger partial charge is 0.392 e. The minimum atomic E-state index is -0.771. The zero-order valence-electron chi connectivity index (χ0n) is 11.4. The Bertz CT molecular complexity index is 498. The molecule has 5 heteroatoms. The van der Waals surface area contributed by atoms with Gasteiger partial charge in [0.2, 0.25) is 5.91 Å². The number of nitrogens with two attached hydrogens (primary N) is 1. The Morgan fingerprint density at radius 1 is 1.42 bits per heavy atom. The average molecular weight is 343 g/mol. The van der Waals surface area contributed by atoms with Crippen molar-refractivity contribution in [3.05, 3.63) is 28.2 Å². The van der Waals surface area contributed by atoms with Crippen molar-refractivity contribution in [3.63, 3.8) is 0 Å². The number of benzene rings is 1. The van der Waals surface area contributed by atoms with Crippen LogP contribution in [0.3, 0.4) is 0 Å². The topological polar surface area (TPSA) is 55.1 Å². The Hall–Kier alpha value is -0.940. The summed E-state index contributed by atoms with van der Waals surface area (Å²) in [6.07, 6.45) is 1.19. The van der Waals surface area contributed by atoms with E-state index in [4.69, 9.17) is 18.0 Å². The molecule has 0 saturated carbocycles. The number of thiocarbonyl (C=S) groups is 1. The van der Waals surface area contributed by atoms with Gasteiger partial charge in [-0.25, -0.2) is 0 Å². The van der Waals surface area contributed by atoms with Gasteiger partial charge in [-0.3, -0.25) is 4.79 Å². The molecule has 0 saturated heterocycles. The van der Waals surface area contributed by atoms with Gasteiger partial charge >= 0.3 is 0 Å². The molecule has 1 amide bonds. The number of aryl methyl sites for hydroxylation is 1. The first-order chi connectivity index (χ1) is 8.87. The number of carbonyl (C=O) groups excluding carboxylic acids is 1. The molecule has 0 aromatic heterocycles.